The van der Waals surface area contributed by atoms with Gasteiger partial charge in [0.05, 0.1) is 0 Å². The largest absolute Gasteiger partial charge is 0.328 e. The summed E-state index contributed by atoms with van der Waals surface area (Å²) in [4.78, 5) is 0. The summed E-state index contributed by atoms with van der Waals surface area (Å²) in [7, 11) is 0. The number of nitrogens with two attached hydrogens (primary N) is 1. The van der Waals surface area contributed by atoms with Crippen molar-refractivity contribution < 1.29 is 0 Å². The molecule has 11 heavy (non-hydrogen) atoms. The smallest absolute Gasteiger partial charge is 0.00104 e. The normalized spacial score (nSPS) is 22.4. The Morgan fingerprint density at radius 3 is 2.55 bits per heavy atom. The number of hydrogen-bond donors (Lipinski definition) is 1. The highest BCUT2D eigenvalue weighted by molar-refractivity contribution is 4.67. The van der Waals surface area contributed by atoms with E-state index >= 15 is 0 Å². The second kappa shape index (κ2) is 4.76. The zero-order valence-corrected chi connectivity index (χ0v) is 7.68. The molecule has 0 heterocycles. The SMILES string of the molecule is C[C@H](N)CCCC1CCCC1. The summed E-state index contributed by atoms with van der Waals surface area (Å²) in [5.74, 6) is 1.05. The van der Waals surface area contributed by atoms with Crippen molar-refractivity contribution in [3.63, 3.8) is 0 Å². The zero-order valence-electron chi connectivity index (χ0n) is 7.68. The van der Waals surface area contributed by atoms with E-state index in [0.29, 0.717) is 6.04 Å². The first-order valence-corrected chi connectivity index (χ1v) is 5.04. The molecule has 1 heteroatoms. The molecule has 0 spiro atoms. The molecular formula is C10H21N. The molecule has 0 aromatic rings. The van der Waals surface area contributed by atoms with Crippen LogP contribution in [0.4, 0.5) is 0 Å². The van der Waals surface area contributed by atoms with Crippen LogP contribution in [0, 0.1) is 5.92 Å². The van der Waals surface area contributed by atoms with Gasteiger partial charge in [0.2, 0.25) is 0 Å². The second-order valence-electron chi connectivity index (χ2n) is 4.06. The summed E-state index contributed by atoms with van der Waals surface area (Å²) >= 11 is 0. The van der Waals surface area contributed by atoms with Crippen molar-refractivity contribution in [1.82, 2.24) is 0 Å². The van der Waals surface area contributed by atoms with Crippen LogP contribution in [0.25, 0.3) is 0 Å². The summed E-state index contributed by atoms with van der Waals surface area (Å²) in [6.45, 7) is 2.11. The average Bonchev–Trinajstić information content (AvgIpc) is 2.39. The fraction of sp³-hybridized carbons (Fsp3) is 1.00. The molecule has 66 valence electrons. The lowest BCUT2D eigenvalue weighted by Gasteiger charge is -2.09. The fourth-order valence-corrected chi connectivity index (χ4v) is 2.03. The maximum Gasteiger partial charge on any atom is 0.00104 e. The van der Waals surface area contributed by atoms with Crippen molar-refractivity contribution in [2.24, 2.45) is 11.7 Å². The first-order chi connectivity index (χ1) is 5.29. The monoisotopic (exact) mass is 155 g/mol. The molecule has 0 aliphatic heterocycles. The number of hydrogen-bond acceptors (Lipinski definition) is 1. The van der Waals surface area contributed by atoms with Crippen molar-refractivity contribution in [3.05, 3.63) is 0 Å². The molecule has 0 aromatic carbocycles. The van der Waals surface area contributed by atoms with Crippen molar-refractivity contribution in [3.8, 4) is 0 Å². The molecule has 1 atom stereocenters. The Morgan fingerprint density at radius 2 is 2.00 bits per heavy atom. The highest BCUT2D eigenvalue weighted by atomic mass is 14.6. The van der Waals surface area contributed by atoms with Crippen LogP contribution in [0.15, 0.2) is 0 Å². The third-order valence-corrected chi connectivity index (χ3v) is 2.75. The topological polar surface area (TPSA) is 26.0 Å². The van der Waals surface area contributed by atoms with Gasteiger partial charge in [-0.1, -0.05) is 38.5 Å². The second-order valence-corrected chi connectivity index (χ2v) is 4.06. The maximum absolute atomic E-state index is 5.68. The Hall–Kier alpha value is -0.0400. The van der Waals surface area contributed by atoms with Crippen LogP contribution >= 0.6 is 0 Å². The van der Waals surface area contributed by atoms with Gasteiger partial charge in [-0.05, 0) is 19.3 Å². The molecule has 1 nitrogen and oxygen atoms in total. The Labute approximate surface area is 70.4 Å². The van der Waals surface area contributed by atoms with Crippen LogP contribution in [-0.4, -0.2) is 6.04 Å². The minimum absolute atomic E-state index is 0.413. The van der Waals surface area contributed by atoms with Crippen molar-refractivity contribution in [2.45, 2.75) is 57.9 Å². The Balaban J connectivity index is 1.94. The molecule has 0 aromatic heterocycles. The van der Waals surface area contributed by atoms with Gasteiger partial charge < -0.3 is 5.73 Å². The molecule has 0 amide bonds. The molecule has 1 aliphatic rings. The third kappa shape index (κ3) is 3.76. The fourth-order valence-electron chi connectivity index (χ4n) is 2.03. The van der Waals surface area contributed by atoms with Crippen LogP contribution < -0.4 is 5.73 Å². The van der Waals surface area contributed by atoms with E-state index in [-0.39, 0.29) is 0 Å². The van der Waals surface area contributed by atoms with Gasteiger partial charge in [0.25, 0.3) is 0 Å². The lowest BCUT2D eigenvalue weighted by Crippen LogP contribution is -2.14. The Kier molecular flexibility index (Phi) is 3.92. The summed E-state index contributed by atoms with van der Waals surface area (Å²) in [6.07, 6.45) is 9.92. The van der Waals surface area contributed by atoms with Crippen molar-refractivity contribution in [1.29, 1.82) is 0 Å². The highest BCUT2D eigenvalue weighted by Crippen LogP contribution is 2.28. The van der Waals surface area contributed by atoms with Gasteiger partial charge in [-0.25, -0.2) is 0 Å². The van der Waals surface area contributed by atoms with Crippen LogP contribution in [0.3, 0.4) is 0 Å². The van der Waals surface area contributed by atoms with E-state index in [1.54, 1.807) is 0 Å². The van der Waals surface area contributed by atoms with E-state index in [2.05, 4.69) is 6.92 Å². The predicted molar refractivity (Wildman–Crippen MR) is 49.5 cm³/mol. The molecule has 1 fully saturated rings. The molecule has 1 rings (SSSR count). The number of rotatable bonds is 4. The molecular weight excluding hydrogens is 134 g/mol. The summed E-state index contributed by atoms with van der Waals surface area (Å²) in [5, 5.41) is 0. The molecule has 1 saturated carbocycles. The van der Waals surface area contributed by atoms with Gasteiger partial charge in [0, 0.05) is 6.04 Å². The van der Waals surface area contributed by atoms with Gasteiger partial charge in [0.15, 0.2) is 0 Å². The van der Waals surface area contributed by atoms with E-state index in [1.807, 2.05) is 0 Å². The molecule has 0 bridgehead atoms. The van der Waals surface area contributed by atoms with Gasteiger partial charge >= 0.3 is 0 Å². The minimum Gasteiger partial charge on any atom is -0.328 e. The predicted octanol–water partition coefficient (Wildman–Crippen LogP) is 2.69. The van der Waals surface area contributed by atoms with Crippen LogP contribution in [0.5, 0.6) is 0 Å². The Morgan fingerprint density at radius 1 is 1.36 bits per heavy atom. The van der Waals surface area contributed by atoms with Crippen LogP contribution in [0.1, 0.15) is 51.9 Å². The first kappa shape index (κ1) is 9.05. The van der Waals surface area contributed by atoms with Crippen molar-refractivity contribution >= 4 is 0 Å². The zero-order chi connectivity index (χ0) is 8.10. The average molecular weight is 155 g/mol. The van der Waals surface area contributed by atoms with Gasteiger partial charge in [-0.15, -0.1) is 0 Å². The van der Waals surface area contributed by atoms with E-state index in [9.17, 15) is 0 Å². The summed E-state index contributed by atoms with van der Waals surface area (Å²) in [6, 6.07) is 0.413. The lowest BCUT2D eigenvalue weighted by atomic mass is 9.99. The van der Waals surface area contributed by atoms with E-state index in [1.165, 1.54) is 44.9 Å². The molecule has 1 aliphatic carbocycles. The molecule has 0 radical (unpaired) electrons. The third-order valence-electron chi connectivity index (χ3n) is 2.75. The first-order valence-electron chi connectivity index (χ1n) is 5.04. The summed E-state index contributed by atoms with van der Waals surface area (Å²) < 4.78 is 0. The highest BCUT2D eigenvalue weighted by Gasteiger charge is 2.13. The van der Waals surface area contributed by atoms with Gasteiger partial charge in [-0.3, -0.25) is 0 Å². The lowest BCUT2D eigenvalue weighted by molar-refractivity contribution is 0.459. The Bertz CT molecular complexity index is 93.0. The molecule has 2 N–H and O–H groups in total. The van der Waals surface area contributed by atoms with E-state index < -0.39 is 0 Å². The van der Waals surface area contributed by atoms with Crippen LogP contribution in [-0.2, 0) is 0 Å². The van der Waals surface area contributed by atoms with Gasteiger partial charge in [-0.2, -0.15) is 0 Å². The molecule has 0 saturated heterocycles. The van der Waals surface area contributed by atoms with Crippen molar-refractivity contribution in [2.75, 3.05) is 0 Å². The minimum atomic E-state index is 0.413. The summed E-state index contributed by atoms with van der Waals surface area (Å²) in [5.41, 5.74) is 5.68. The standard InChI is InChI=1S/C10H21N/c1-9(11)5-4-8-10-6-2-3-7-10/h9-10H,2-8,11H2,1H3/t9-/m0/s1. The molecule has 0 unspecified atom stereocenters. The van der Waals surface area contributed by atoms with E-state index in [0.717, 1.165) is 5.92 Å². The quantitative estimate of drug-likeness (QED) is 0.663. The van der Waals surface area contributed by atoms with Crippen LogP contribution in [0.2, 0.25) is 0 Å². The van der Waals surface area contributed by atoms with E-state index in [4.69, 9.17) is 5.73 Å². The maximum atomic E-state index is 5.68. The van der Waals surface area contributed by atoms with Gasteiger partial charge in [0.1, 0.15) is 0 Å².